The van der Waals surface area contributed by atoms with Gasteiger partial charge < -0.3 is 83.0 Å². The summed E-state index contributed by atoms with van der Waals surface area (Å²) in [5.74, 6) is -2.45. The van der Waals surface area contributed by atoms with Gasteiger partial charge in [-0.2, -0.15) is 0 Å². The Morgan fingerprint density at radius 2 is 0.826 bits per heavy atom. The Labute approximate surface area is 513 Å². The summed E-state index contributed by atoms with van der Waals surface area (Å²) in [6.07, 6.45) is 17.4. The quantitative estimate of drug-likeness (QED) is 0.00963. The van der Waals surface area contributed by atoms with Crippen LogP contribution >= 0.6 is 0 Å². The van der Waals surface area contributed by atoms with Crippen LogP contribution in [0.5, 0.6) is 0 Å². The monoisotopic (exact) mass is 1240 g/mol. The molecule has 0 aliphatic rings. The van der Waals surface area contributed by atoms with Crippen molar-refractivity contribution >= 4 is 29.7 Å². The number of nitrogens with zero attached hydrogens (tertiary/aromatic N) is 3. The lowest BCUT2D eigenvalue weighted by molar-refractivity contribution is -0.149. The van der Waals surface area contributed by atoms with E-state index in [-0.39, 0.29) is 75.1 Å². The SMILES string of the molecule is CCCCCCCCCCCCCCCC(=O)N[C@H](CCC(=O)NCCCC[C@@H](NC(=O)CCCCN=[N+]=[N-])C(O)NCCOCCOCCOCCOCCOCCOCCOCCOCCOCCOCCOCCOC(=O)C(C)C)C(=O)O. The molecule has 6 N–H and O–H groups in total. The topological polar surface area (TPSA) is 333 Å². The van der Waals surface area contributed by atoms with E-state index >= 15 is 0 Å². The summed E-state index contributed by atoms with van der Waals surface area (Å²) in [5, 5.41) is 35.4. The Balaban J connectivity index is 3.96. The van der Waals surface area contributed by atoms with Crippen LogP contribution in [0.15, 0.2) is 5.11 Å². The first kappa shape index (κ1) is 82.1. The predicted octanol–water partition coefficient (Wildman–Crippen LogP) is 6.36. The number of nitrogens with one attached hydrogen (secondary N) is 4. The van der Waals surface area contributed by atoms with Crippen LogP contribution in [0.3, 0.4) is 0 Å². The van der Waals surface area contributed by atoms with Gasteiger partial charge >= 0.3 is 11.9 Å². The second-order valence-electron chi connectivity index (χ2n) is 20.9. The minimum Gasteiger partial charge on any atom is -0.480 e. The zero-order valence-corrected chi connectivity index (χ0v) is 52.9. The van der Waals surface area contributed by atoms with Crippen molar-refractivity contribution in [3.8, 4) is 0 Å². The Bertz CT molecular complexity index is 1620. The van der Waals surface area contributed by atoms with E-state index in [1.807, 2.05) is 0 Å². The molecule has 26 nitrogen and oxygen atoms in total. The van der Waals surface area contributed by atoms with Crippen LogP contribution in [-0.4, -0.2) is 230 Å². The second kappa shape index (κ2) is 65.6. The highest BCUT2D eigenvalue weighted by molar-refractivity contribution is 5.84. The van der Waals surface area contributed by atoms with Gasteiger partial charge in [-0.25, -0.2) is 4.79 Å². The lowest BCUT2D eigenvalue weighted by Gasteiger charge is -2.25. The molecule has 0 aromatic carbocycles. The van der Waals surface area contributed by atoms with Crippen LogP contribution in [0.4, 0.5) is 0 Å². The number of rotatable bonds is 69. The highest BCUT2D eigenvalue weighted by Gasteiger charge is 2.22. The molecule has 3 atom stereocenters. The van der Waals surface area contributed by atoms with Crippen molar-refractivity contribution in [3.63, 3.8) is 0 Å². The standard InChI is InChI=1S/C60H115N7O19/c1-4-5-6-7-8-9-10-11-12-13-14-15-16-22-57(70)66-54(59(72)73)24-25-55(68)62-26-19-17-21-53(65-56(69)23-18-20-27-64-67-61)58(71)63-28-29-75-30-31-76-32-33-77-34-35-78-36-37-79-38-39-80-40-41-81-42-43-82-44-45-83-46-47-84-48-49-85-50-51-86-60(74)52(2)3/h52-54,58,63,71H,4-51H2,1-3H3,(H,62,68)(H,65,69)(H,66,70)(H,72,73)/t53-,54-,58?/m1/s1. The molecule has 504 valence electrons. The van der Waals surface area contributed by atoms with Crippen LogP contribution in [0.2, 0.25) is 0 Å². The maximum atomic E-state index is 12.8. The second-order valence-corrected chi connectivity index (χ2v) is 20.9. The highest BCUT2D eigenvalue weighted by Crippen LogP contribution is 2.14. The van der Waals surface area contributed by atoms with E-state index in [0.717, 1.165) is 19.3 Å². The van der Waals surface area contributed by atoms with Crippen molar-refractivity contribution in [1.82, 2.24) is 21.3 Å². The molecule has 0 aliphatic carbocycles. The van der Waals surface area contributed by atoms with Crippen molar-refractivity contribution < 1.29 is 91.0 Å². The fourth-order valence-corrected chi connectivity index (χ4v) is 8.10. The first-order chi connectivity index (χ1) is 42.0. The third-order valence-electron chi connectivity index (χ3n) is 13.0. The lowest BCUT2D eigenvalue weighted by Crippen LogP contribution is -2.50. The predicted molar refractivity (Wildman–Crippen MR) is 325 cm³/mol. The Kier molecular flexibility index (Phi) is 62.6. The zero-order chi connectivity index (χ0) is 62.9. The van der Waals surface area contributed by atoms with Gasteiger partial charge in [-0.1, -0.05) is 103 Å². The van der Waals surface area contributed by atoms with Gasteiger partial charge in [-0.15, -0.1) is 0 Å². The van der Waals surface area contributed by atoms with Gasteiger partial charge in [0.15, 0.2) is 0 Å². The van der Waals surface area contributed by atoms with Gasteiger partial charge in [-0.05, 0) is 50.5 Å². The van der Waals surface area contributed by atoms with E-state index in [1.165, 1.54) is 57.8 Å². The molecule has 1 unspecified atom stereocenters. The fourth-order valence-electron chi connectivity index (χ4n) is 8.10. The maximum Gasteiger partial charge on any atom is 0.326 e. The summed E-state index contributed by atoms with van der Waals surface area (Å²) in [6, 6.07) is -1.78. The Morgan fingerprint density at radius 3 is 1.23 bits per heavy atom. The fraction of sp³-hybridized carbons (Fsp3) is 0.917. The normalized spacial score (nSPS) is 12.4. The van der Waals surface area contributed by atoms with Crippen molar-refractivity contribution in [2.45, 2.75) is 180 Å². The summed E-state index contributed by atoms with van der Waals surface area (Å²) in [5.41, 5.74) is 8.51. The van der Waals surface area contributed by atoms with Crippen LogP contribution < -0.4 is 21.3 Å². The van der Waals surface area contributed by atoms with E-state index in [2.05, 4.69) is 38.2 Å². The Hall–Kier alpha value is -3.86. The molecule has 0 bridgehead atoms. The molecular weight excluding hydrogens is 1120 g/mol. The summed E-state index contributed by atoms with van der Waals surface area (Å²) < 4.78 is 65.6. The van der Waals surface area contributed by atoms with E-state index in [9.17, 15) is 34.2 Å². The van der Waals surface area contributed by atoms with E-state index in [4.69, 9.17) is 62.4 Å². The molecule has 0 saturated carbocycles. The van der Waals surface area contributed by atoms with Crippen LogP contribution in [0.25, 0.3) is 10.4 Å². The number of carboxylic acid groups (broad SMARTS) is 1. The first-order valence-electron chi connectivity index (χ1n) is 32.0. The zero-order valence-electron chi connectivity index (χ0n) is 52.9. The number of amides is 3. The number of hydrogen-bond donors (Lipinski definition) is 6. The number of azide groups is 1. The van der Waals surface area contributed by atoms with Gasteiger partial charge in [0.1, 0.15) is 18.9 Å². The van der Waals surface area contributed by atoms with Crippen LogP contribution in [0, 0.1) is 5.92 Å². The first-order valence-corrected chi connectivity index (χ1v) is 32.0. The molecule has 0 aliphatic heterocycles. The molecule has 0 fully saturated rings. The molecule has 26 heteroatoms. The largest absolute Gasteiger partial charge is 0.480 e. The molecule has 0 aromatic rings. The minimum atomic E-state index is -1.18. The number of carboxylic acids is 1. The van der Waals surface area contributed by atoms with Crippen molar-refractivity contribution in [3.05, 3.63) is 10.4 Å². The van der Waals surface area contributed by atoms with Crippen molar-refractivity contribution in [2.24, 2.45) is 11.0 Å². The van der Waals surface area contributed by atoms with Gasteiger partial charge in [0.25, 0.3) is 0 Å². The number of carbonyl (C=O) groups is 5. The molecule has 0 aromatic heterocycles. The summed E-state index contributed by atoms with van der Waals surface area (Å²) in [6.45, 7) is 16.2. The molecule has 0 rings (SSSR count). The highest BCUT2D eigenvalue weighted by atomic mass is 16.6. The molecule has 0 heterocycles. The molecule has 0 radical (unpaired) electrons. The Morgan fingerprint density at radius 1 is 0.442 bits per heavy atom. The lowest BCUT2D eigenvalue weighted by atomic mass is 10.0. The molecular formula is C60H115N7O19. The van der Waals surface area contributed by atoms with E-state index in [1.54, 1.807) is 13.8 Å². The van der Waals surface area contributed by atoms with Gasteiger partial charge in [0.2, 0.25) is 17.7 Å². The number of aliphatic carboxylic acids is 1. The summed E-state index contributed by atoms with van der Waals surface area (Å²) in [4.78, 5) is 63.8. The average Bonchev–Trinajstić information content (AvgIpc) is 3.55. The number of esters is 1. The van der Waals surface area contributed by atoms with E-state index < -0.39 is 24.3 Å². The number of unbranched alkanes of at least 4 members (excludes halogenated alkanes) is 14. The van der Waals surface area contributed by atoms with Crippen molar-refractivity contribution in [2.75, 3.05) is 172 Å². The smallest absolute Gasteiger partial charge is 0.326 e. The number of aliphatic hydroxyl groups is 1. The van der Waals surface area contributed by atoms with Crippen molar-refractivity contribution in [1.29, 1.82) is 0 Å². The third-order valence-corrected chi connectivity index (χ3v) is 13.0. The minimum absolute atomic E-state index is 0.0278. The molecule has 0 saturated heterocycles. The number of ether oxygens (including phenoxy) is 12. The molecule has 3 amide bonds. The van der Waals surface area contributed by atoms with Crippen LogP contribution in [-0.2, 0) is 80.8 Å². The summed E-state index contributed by atoms with van der Waals surface area (Å²) in [7, 11) is 0. The average molecular weight is 1240 g/mol. The molecule has 0 spiro atoms. The van der Waals surface area contributed by atoms with Crippen LogP contribution in [0.1, 0.15) is 162 Å². The van der Waals surface area contributed by atoms with Gasteiger partial charge in [0, 0.05) is 43.8 Å². The number of hydrogen-bond acceptors (Lipinski definition) is 20. The van der Waals surface area contributed by atoms with Gasteiger partial charge in [0.05, 0.1) is 157 Å². The number of carbonyl (C=O) groups excluding carboxylic acids is 4. The molecule has 86 heavy (non-hydrogen) atoms. The maximum absolute atomic E-state index is 12.8. The summed E-state index contributed by atoms with van der Waals surface area (Å²) >= 11 is 0. The third kappa shape index (κ3) is 60.4. The van der Waals surface area contributed by atoms with Gasteiger partial charge in [-0.3, -0.25) is 24.5 Å². The number of aliphatic hydroxyl groups excluding tert-OH is 1. The van der Waals surface area contributed by atoms with E-state index in [0.29, 0.717) is 190 Å².